The monoisotopic (exact) mass is 248 g/mol. The number of carbonyl (C=O) groups is 2. The van der Waals surface area contributed by atoms with E-state index in [0.29, 0.717) is 11.1 Å². The summed E-state index contributed by atoms with van der Waals surface area (Å²) in [5.41, 5.74) is 1.61. The number of hydrogen-bond donors (Lipinski definition) is 1. The number of carbonyl (C=O) groups excluding carboxylic acids is 2. The SMILES string of the molecule is CCC(=O)OCOC(=O)c1cccc2[nH]cnc12. The van der Waals surface area contributed by atoms with E-state index < -0.39 is 11.9 Å². The largest absolute Gasteiger partial charge is 0.428 e. The summed E-state index contributed by atoms with van der Waals surface area (Å²) in [5, 5.41) is 0. The van der Waals surface area contributed by atoms with Crippen molar-refractivity contribution in [1.82, 2.24) is 9.97 Å². The first-order valence-corrected chi connectivity index (χ1v) is 5.47. The van der Waals surface area contributed by atoms with E-state index >= 15 is 0 Å². The van der Waals surface area contributed by atoms with Gasteiger partial charge < -0.3 is 14.5 Å². The lowest BCUT2D eigenvalue weighted by atomic mass is 10.2. The van der Waals surface area contributed by atoms with Crippen molar-refractivity contribution in [3.63, 3.8) is 0 Å². The summed E-state index contributed by atoms with van der Waals surface area (Å²) in [6, 6.07) is 5.12. The van der Waals surface area contributed by atoms with E-state index in [1.54, 1.807) is 25.1 Å². The summed E-state index contributed by atoms with van der Waals surface area (Å²) < 4.78 is 9.51. The molecule has 0 saturated carbocycles. The van der Waals surface area contributed by atoms with Crippen molar-refractivity contribution in [3.8, 4) is 0 Å². The smallest absolute Gasteiger partial charge is 0.343 e. The second-order valence-electron chi connectivity index (χ2n) is 3.52. The number of nitrogens with zero attached hydrogens (tertiary/aromatic N) is 1. The Kier molecular flexibility index (Phi) is 3.57. The molecule has 6 heteroatoms. The Morgan fingerprint density at radius 3 is 2.94 bits per heavy atom. The van der Waals surface area contributed by atoms with Crippen LogP contribution in [0, 0.1) is 0 Å². The molecule has 2 rings (SSSR count). The Bertz CT molecular complexity index is 576. The topological polar surface area (TPSA) is 81.3 Å². The number of aromatic amines is 1. The number of ether oxygens (including phenoxy) is 2. The first-order valence-electron chi connectivity index (χ1n) is 5.47. The van der Waals surface area contributed by atoms with Gasteiger partial charge in [0.1, 0.15) is 5.52 Å². The zero-order valence-electron chi connectivity index (χ0n) is 9.80. The van der Waals surface area contributed by atoms with Crippen LogP contribution in [-0.4, -0.2) is 28.7 Å². The van der Waals surface area contributed by atoms with Gasteiger partial charge in [-0.05, 0) is 12.1 Å². The fraction of sp³-hybridized carbons (Fsp3) is 0.250. The molecule has 0 bridgehead atoms. The summed E-state index contributed by atoms with van der Waals surface area (Å²) in [4.78, 5) is 29.6. The molecule has 2 aromatic rings. The molecular weight excluding hydrogens is 236 g/mol. The fourth-order valence-electron chi connectivity index (χ4n) is 1.46. The van der Waals surface area contributed by atoms with Crippen LogP contribution in [0.5, 0.6) is 0 Å². The van der Waals surface area contributed by atoms with Crippen LogP contribution in [-0.2, 0) is 14.3 Å². The minimum absolute atomic E-state index is 0.243. The average molecular weight is 248 g/mol. The lowest BCUT2D eigenvalue weighted by molar-refractivity contribution is -0.151. The maximum absolute atomic E-state index is 11.8. The van der Waals surface area contributed by atoms with Crippen LogP contribution in [0.1, 0.15) is 23.7 Å². The van der Waals surface area contributed by atoms with E-state index in [4.69, 9.17) is 4.74 Å². The summed E-state index contributed by atoms with van der Waals surface area (Å²) in [7, 11) is 0. The molecule has 0 aliphatic rings. The van der Waals surface area contributed by atoms with Gasteiger partial charge in [0.05, 0.1) is 17.4 Å². The molecule has 0 atom stereocenters. The van der Waals surface area contributed by atoms with Crippen molar-refractivity contribution in [3.05, 3.63) is 30.1 Å². The molecule has 0 aliphatic carbocycles. The quantitative estimate of drug-likeness (QED) is 0.657. The number of hydrogen-bond acceptors (Lipinski definition) is 5. The van der Waals surface area contributed by atoms with Gasteiger partial charge >= 0.3 is 11.9 Å². The first-order chi connectivity index (χ1) is 8.72. The van der Waals surface area contributed by atoms with Gasteiger partial charge in [-0.25, -0.2) is 9.78 Å². The molecule has 0 saturated heterocycles. The highest BCUT2D eigenvalue weighted by Crippen LogP contribution is 2.15. The highest BCUT2D eigenvalue weighted by molar-refractivity contribution is 6.01. The molecule has 0 unspecified atom stereocenters. The highest BCUT2D eigenvalue weighted by Gasteiger charge is 2.13. The standard InChI is InChI=1S/C12H12N2O4/c1-2-10(15)17-7-18-12(16)8-4-3-5-9-11(8)14-6-13-9/h3-6H,2,7H2,1H3,(H,13,14). The van der Waals surface area contributed by atoms with Crippen LogP contribution in [0.4, 0.5) is 0 Å². The zero-order valence-corrected chi connectivity index (χ0v) is 9.80. The molecule has 94 valence electrons. The number of fused-ring (bicyclic) bond motifs is 1. The molecule has 1 aromatic heterocycles. The minimum Gasteiger partial charge on any atom is -0.428 e. The number of para-hydroxylation sites is 1. The maximum atomic E-state index is 11.8. The molecule has 0 fully saturated rings. The zero-order chi connectivity index (χ0) is 13.0. The number of rotatable bonds is 4. The van der Waals surface area contributed by atoms with Crippen LogP contribution in [0.2, 0.25) is 0 Å². The molecule has 1 N–H and O–H groups in total. The van der Waals surface area contributed by atoms with Gasteiger partial charge in [-0.15, -0.1) is 0 Å². The summed E-state index contributed by atoms with van der Waals surface area (Å²) in [5.74, 6) is -0.989. The molecule has 1 heterocycles. The van der Waals surface area contributed by atoms with Gasteiger partial charge in [0.15, 0.2) is 0 Å². The van der Waals surface area contributed by atoms with Gasteiger partial charge in [0.25, 0.3) is 0 Å². The molecule has 6 nitrogen and oxygen atoms in total. The van der Waals surface area contributed by atoms with Crippen molar-refractivity contribution in [2.45, 2.75) is 13.3 Å². The molecular formula is C12H12N2O4. The van der Waals surface area contributed by atoms with Gasteiger partial charge in [-0.3, -0.25) is 4.79 Å². The molecule has 0 aliphatic heterocycles. The minimum atomic E-state index is -0.573. The van der Waals surface area contributed by atoms with Gasteiger partial charge in [0, 0.05) is 6.42 Å². The number of esters is 2. The second-order valence-corrected chi connectivity index (χ2v) is 3.52. The van der Waals surface area contributed by atoms with Crippen LogP contribution < -0.4 is 0 Å². The third-order valence-electron chi connectivity index (χ3n) is 2.37. The number of benzene rings is 1. The van der Waals surface area contributed by atoms with Crippen molar-refractivity contribution < 1.29 is 19.1 Å². The van der Waals surface area contributed by atoms with E-state index in [1.165, 1.54) is 6.33 Å². The van der Waals surface area contributed by atoms with Crippen molar-refractivity contribution >= 4 is 23.0 Å². The fourth-order valence-corrected chi connectivity index (χ4v) is 1.46. The van der Waals surface area contributed by atoms with Crippen LogP contribution in [0.3, 0.4) is 0 Å². The van der Waals surface area contributed by atoms with Crippen molar-refractivity contribution in [1.29, 1.82) is 0 Å². The molecule has 0 spiro atoms. The van der Waals surface area contributed by atoms with Gasteiger partial charge in [-0.1, -0.05) is 13.0 Å². The Morgan fingerprint density at radius 2 is 2.17 bits per heavy atom. The Balaban J connectivity index is 2.05. The lowest BCUT2D eigenvalue weighted by Crippen LogP contribution is -2.12. The van der Waals surface area contributed by atoms with E-state index in [9.17, 15) is 9.59 Å². The highest BCUT2D eigenvalue weighted by atomic mass is 16.7. The number of aromatic nitrogens is 2. The summed E-state index contributed by atoms with van der Waals surface area (Å²) in [6.45, 7) is 1.28. The Hall–Kier alpha value is -2.37. The number of H-pyrrole nitrogens is 1. The number of nitrogens with one attached hydrogen (secondary N) is 1. The number of imidazole rings is 1. The maximum Gasteiger partial charge on any atom is 0.343 e. The predicted molar refractivity (Wildman–Crippen MR) is 62.8 cm³/mol. The molecule has 0 amide bonds. The van der Waals surface area contributed by atoms with Crippen molar-refractivity contribution in [2.24, 2.45) is 0 Å². The molecule has 1 aromatic carbocycles. The van der Waals surface area contributed by atoms with Gasteiger partial charge in [-0.2, -0.15) is 0 Å². The Labute approximate surface area is 103 Å². The van der Waals surface area contributed by atoms with Crippen LogP contribution in [0.15, 0.2) is 24.5 Å². The van der Waals surface area contributed by atoms with E-state index in [0.717, 1.165) is 5.52 Å². The first kappa shape index (κ1) is 12.1. The summed E-state index contributed by atoms with van der Waals surface area (Å²) >= 11 is 0. The van der Waals surface area contributed by atoms with E-state index in [2.05, 4.69) is 14.7 Å². The third-order valence-corrected chi connectivity index (χ3v) is 2.37. The lowest BCUT2D eigenvalue weighted by Gasteiger charge is -2.05. The van der Waals surface area contributed by atoms with Crippen LogP contribution >= 0.6 is 0 Å². The van der Waals surface area contributed by atoms with E-state index in [-0.39, 0.29) is 13.2 Å². The summed E-state index contributed by atoms with van der Waals surface area (Å²) in [6.07, 6.45) is 1.74. The normalized spacial score (nSPS) is 10.3. The average Bonchev–Trinajstić information content (AvgIpc) is 2.86. The molecule has 0 radical (unpaired) electrons. The molecule has 18 heavy (non-hydrogen) atoms. The van der Waals surface area contributed by atoms with Crippen molar-refractivity contribution in [2.75, 3.05) is 6.79 Å². The second kappa shape index (κ2) is 5.31. The van der Waals surface area contributed by atoms with Gasteiger partial charge in [0.2, 0.25) is 6.79 Å². The van der Waals surface area contributed by atoms with Crippen LogP contribution in [0.25, 0.3) is 11.0 Å². The van der Waals surface area contributed by atoms with E-state index in [1.807, 2.05) is 0 Å². The Morgan fingerprint density at radius 1 is 1.33 bits per heavy atom. The predicted octanol–water partition coefficient (Wildman–Crippen LogP) is 1.63. The third kappa shape index (κ3) is 2.48.